The Morgan fingerprint density at radius 2 is 2.00 bits per heavy atom. The molecular formula is C16H22N4O. The van der Waals surface area contributed by atoms with Crippen LogP contribution >= 0.6 is 0 Å². The Hall–Kier alpha value is -2.17. The first kappa shape index (κ1) is 15.2. The van der Waals surface area contributed by atoms with Crippen molar-refractivity contribution in [1.82, 2.24) is 15.0 Å². The summed E-state index contributed by atoms with van der Waals surface area (Å²) in [4.78, 5) is 12.5. The number of hydrogen-bond acceptors (Lipinski definition) is 5. The second-order valence-electron chi connectivity index (χ2n) is 5.45. The van der Waals surface area contributed by atoms with Crippen LogP contribution in [-0.2, 0) is 6.42 Å². The normalized spacial score (nSPS) is 10.9. The van der Waals surface area contributed by atoms with Crippen molar-refractivity contribution < 1.29 is 4.74 Å². The summed E-state index contributed by atoms with van der Waals surface area (Å²) < 4.78 is 5.45. The third-order valence-corrected chi connectivity index (χ3v) is 2.90. The van der Waals surface area contributed by atoms with Gasteiger partial charge in [-0.1, -0.05) is 39.0 Å². The van der Waals surface area contributed by atoms with E-state index in [9.17, 15) is 0 Å². The lowest BCUT2D eigenvalue weighted by molar-refractivity contribution is 0.292. The molecule has 0 bridgehead atoms. The lowest BCUT2D eigenvalue weighted by Crippen LogP contribution is -2.06. The van der Waals surface area contributed by atoms with Gasteiger partial charge in [0.15, 0.2) is 5.82 Å². The minimum absolute atomic E-state index is 0.181. The van der Waals surface area contributed by atoms with Crippen LogP contribution in [-0.4, -0.2) is 21.6 Å². The molecule has 0 aliphatic rings. The Morgan fingerprint density at radius 1 is 1.19 bits per heavy atom. The Bertz CT molecular complexity index is 599. The monoisotopic (exact) mass is 286 g/mol. The van der Waals surface area contributed by atoms with Gasteiger partial charge in [-0.25, -0.2) is 0 Å². The van der Waals surface area contributed by atoms with Gasteiger partial charge in [-0.05, 0) is 30.4 Å². The van der Waals surface area contributed by atoms with Crippen molar-refractivity contribution in [1.29, 1.82) is 0 Å². The molecule has 0 aliphatic carbocycles. The van der Waals surface area contributed by atoms with Gasteiger partial charge < -0.3 is 10.5 Å². The largest absolute Gasteiger partial charge is 0.463 e. The molecule has 2 aromatic rings. The molecule has 0 fully saturated rings. The van der Waals surface area contributed by atoms with Crippen LogP contribution < -0.4 is 10.5 Å². The minimum Gasteiger partial charge on any atom is -0.463 e. The van der Waals surface area contributed by atoms with E-state index >= 15 is 0 Å². The first-order chi connectivity index (χ1) is 10.1. The molecule has 2 N–H and O–H groups in total. The number of ether oxygens (including phenoxy) is 1. The van der Waals surface area contributed by atoms with Gasteiger partial charge in [0.05, 0.1) is 6.61 Å². The summed E-state index contributed by atoms with van der Waals surface area (Å²) in [5.74, 6) is 1.34. The van der Waals surface area contributed by atoms with Crippen LogP contribution in [0, 0.1) is 5.92 Å². The Labute approximate surface area is 125 Å². The maximum absolute atomic E-state index is 5.75. The van der Waals surface area contributed by atoms with Crippen molar-refractivity contribution in [2.45, 2.75) is 33.6 Å². The fourth-order valence-corrected chi connectivity index (χ4v) is 2.07. The van der Waals surface area contributed by atoms with Gasteiger partial charge in [-0.3, -0.25) is 0 Å². The van der Waals surface area contributed by atoms with Crippen LogP contribution in [0.1, 0.15) is 32.8 Å². The lowest BCUT2D eigenvalue weighted by atomic mass is 10.0. The van der Waals surface area contributed by atoms with Crippen molar-refractivity contribution in [2.75, 3.05) is 12.3 Å². The number of benzene rings is 1. The molecule has 0 amide bonds. The molecule has 0 radical (unpaired) electrons. The van der Waals surface area contributed by atoms with E-state index < -0.39 is 0 Å². The zero-order valence-corrected chi connectivity index (χ0v) is 12.8. The quantitative estimate of drug-likeness (QED) is 0.883. The van der Waals surface area contributed by atoms with Gasteiger partial charge in [0.1, 0.15) is 0 Å². The van der Waals surface area contributed by atoms with E-state index in [0.717, 1.165) is 18.4 Å². The first-order valence-electron chi connectivity index (χ1n) is 7.32. The van der Waals surface area contributed by atoms with E-state index in [2.05, 4.69) is 40.9 Å². The second kappa shape index (κ2) is 7.02. The van der Waals surface area contributed by atoms with Gasteiger partial charge in [-0.15, -0.1) is 0 Å². The number of rotatable bonds is 6. The standard InChI is InChI=1S/C16H22N4O/c1-4-8-21-16-19-14(18-15(17)20-16)13-7-5-6-12(10-13)9-11(2)3/h5-7,10-11H,4,8-9H2,1-3H3,(H2,17,18,19,20). The molecule has 112 valence electrons. The van der Waals surface area contributed by atoms with Crippen LogP contribution in [0.2, 0.25) is 0 Å². The van der Waals surface area contributed by atoms with Crippen molar-refractivity contribution in [3.05, 3.63) is 29.8 Å². The topological polar surface area (TPSA) is 73.9 Å². The summed E-state index contributed by atoms with van der Waals surface area (Å²) in [6, 6.07) is 8.48. The highest BCUT2D eigenvalue weighted by Crippen LogP contribution is 2.20. The minimum atomic E-state index is 0.181. The molecule has 0 saturated heterocycles. The number of nitrogens with two attached hydrogens (primary N) is 1. The molecular weight excluding hydrogens is 264 g/mol. The molecule has 1 aromatic heterocycles. The smallest absolute Gasteiger partial charge is 0.321 e. The lowest BCUT2D eigenvalue weighted by Gasteiger charge is -2.08. The van der Waals surface area contributed by atoms with E-state index in [1.54, 1.807) is 0 Å². The molecule has 0 aliphatic heterocycles. The zero-order chi connectivity index (χ0) is 15.2. The molecule has 1 heterocycles. The Balaban J connectivity index is 2.30. The van der Waals surface area contributed by atoms with Gasteiger partial charge >= 0.3 is 6.01 Å². The van der Waals surface area contributed by atoms with Crippen molar-refractivity contribution in [3.8, 4) is 17.4 Å². The number of anilines is 1. The maximum atomic E-state index is 5.75. The first-order valence-corrected chi connectivity index (χ1v) is 7.32. The van der Waals surface area contributed by atoms with E-state index in [-0.39, 0.29) is 12.0 Å². The summed E-state index contributed by atoms with van der Waals surface area (Å²) >= 11 is 0. The summed E-state index contributed by atoms with van der Waals surface area (Å²) in [7, 11) is 0. The number of hydrogen-bond donors (Lipinski definition) is 1. The molecule has 0 atom stereocenters. The van der Waals surface area contributed by atoms with Crippen LogP contribution in [0.5, 0.6) is 6.01 Å². The highest BCUT2D eigenvalue weighted by atomic mass is 16.5. The van der Waals surface area contributed by atoms with E-state index in [0.29, 0.717) is 18.3 Å². The summed E-state index contributed by atoms with van der Waals surface area (Å²) in [5.41, 5.74) is 7.94. The fourth-order valence-electron chi connectivity index (χ4n) is 2.07. The van der Waals surface area contributed by atoms with Crippen LogP contribution in [0.4, 0.5) is 5.95 Å². The summed E-state index contributed by atoms with van der Waals surface area (Å²) in [6.45, 7) is 6.99. The average molecular weight is 286 g/mol. The summed E-state index contributed by atoms with van der Waals surface area (Å²) in [6.07, 6.45) is 1.92. The van der Waals surface area contributed by atoms with Crippen molar-refractivity contribution in [2.24, 2.45) is 5.92 Å². The zero-order valence-electron chi connectivity index (χ0n) is 12.8. The van der Waals surface area contributed by atoms with Crippen molar-refractivity contribution >= 4 is 5.95 Å². The van der Waals surface area contributed by atoms with E-state index in [4.69, 9.17) is 10.5 Å². The van der Waals surface area contributed by atoms with Gasteiger partial charge in [-0.2, -0.15) is 15.0 Å². The third-order valence-electron chi connectivity index (χ3n) is 2.90. The van der Waals surface area contributed by atoms with Gasteiger partial charge in [0, 0.05) is 5.56 Å². The van der Waals surface area contributed by atoms with Gasteiger partial charge in [0.25, 0.3) is 0 Å². The third kappa shape index (κ3) is 4.41. The van der Waals surface area contributed by atoms with Crippen LogP contribution in [0.15, 0.2) is 24.3 Å². The molecule has 1 aromatic carbocycles. The fraction of sp³-hybridized carbons (Fsp3) is 0.438. The van der Waals surface area contributed by atoms with Crippen LogP contribution in [0.25, 0.3) is 11.4 Å². The maximum Gasteiger partial charge on any atom is 0.321 e. The number of aromatic nitrogens is 3. The molecule has 21 heavy (non-hydrogen) atoms. The number of nitrogen functional groups attached to an aromatic ring is 1. The summed E-state index contributed by atoms with van der Waals surface area (Å²) in [5, 5.41) is 0. The molecule has 5 nitrogen and oxygen atoms in total. The van der Waals surface area contributed by atoms with Gasteiger partial charge in [0.2, 0.25) is 5.95 Å². The van der Waals surface area contributed by atoms with Crippen molar-refractivity contribution in [3.63, 3.8) is 0 Å². The Kier molecular flexibility index (Phi) is 5.09. The molecule has 0 spiro atoms. The molecule has 0 saturated carbocycles. The molecule has 0 unspecified atom stereocenters. The van der Waals surface area contributed by atoms with E-state index in [1.165, 1.54) is 5.56 Å². The molecule has 2 rings (SSSR count). The predicted octanol–water partition coefficient (Wildman–Crippen LogP) is 3.11. The SMILES string of the molecule is CCCOc1nc(N)nc(-c2cccc(CC(C)C)c2)n1. The highest BCUT2D eigenvalue weighted by Gasteiger charge is 2.09. The molecule has 5 heteroatoms. The predicted molar refractivity (Wildman–Crippen MR) is 84.0 cm³/mol. The van der Waals surface area contributed by atoms with Crippen LogP contribution in [0.3, 0.4) is 0 Å². The highest BCUT2D eigenvalue weighted by molar-refractivity contribution is 5.57. The second-order valence-corrected chi connectivity index (χ2v) is 5.45. The van der Waals surface area contributed by atoms with E-state index in [1.807, 2.05) is 19.1 Å². The Morgan fingerprint density at radius 3 is 2.71 bits per heavy atom. The number of nitrogens with zero attached hydrogens (tertiary/aromatic N) is 3. The average Bonchev–Trinajstić information content (AvgIpc) is 2.44.